The molecule has 20 heavy (non-hydrogen) atoms. The van der Waals surface area contributed by atoms with Crippen LogP contribution in [0.1, 0.15) is 31.9 Å². The number of hydrogen-bond acceptors (Lipinski definition) is 3. The topological polar surface area (TPSA) is 52.9 Å². The third-order valence-electron chi connectivity index (χ3n) is 3.16. The molecule has 1 heterocycles. The van der Waals surface area contributed by atoms with Crippen molar-refractivity contribution in [3.63, 3.8) is 0 Å². The number of carbonyl (C=O) groups is 1. The molecular formula is C15H13FN2OS. The predicted molar refractivity (Wildman–Crippen MR) is 77.6 cm³/mol. The molecule has 1 aromatic heterocycles. The molecule has 5 heteroatoms. The standard InChI is InChI=1S/C15H13FN2OS/c1-8-6-11(16)4-5-12(8)14(19)18-15-13(7-17)9(2)10(3)20-15/h4-6H,1-3H3,(H,18,19). The molecule has 1 N–H and O–H groups in total. The molecule has 102 valence electrons. The minimum absolute atomic E-state index is 0.333. The van der Waals surface area contributed by atoms with Crippen LogP contribution in [0.15, 0.2) is 18.2 Å². The summed E-state index contributed by atoms with van der Waals surface area (Å²) in [6.45, 7) is 5.43. The highest BCUT2D eigenvalue weighted by Crippen LogP contribution is 2.32. The molecule has 1 amide bonds. The van der Waals surface area contributed by atoms with Crippen LogP contribution in [0.2, 0.25) is 0 Å². The number of benzene rings is 1. The summed E-state index contributed by atoms with van der Waals surface area (Å²) in [6.07, 6.45) is 0. The molecule has 0 atom stereocenters. The summed E-state index contributed by atoms with van der Waals surface area (Å²) < 4.78 is 13.0. The lowest BCUT2D eigenvalue weighted by Gasteiger charge is -2.06. The van der Waals surface area contributed by atoms with Crippen LogP contribution in [0.4, 0.5) is 9.39 Å². The maximum Gasteiger partial charge on any atom is 0.256 e. The summed E-state index contributed by atoms with van der Waals surface area (Å²) >= 11 is 1.37. The number of rotatable bonds is 2. The van der Waals surface area contributed by atoms with E-state index in [-0.39, 0.29) is 11.7 Å². The highest BCUT2D eigenvalue weighted by Gasteiger charge is 2.16. The van der Waals surface area contributed by atoms with Crippen LogP contribution >= 0.6 is 11.3 Å². The van der Waals surface area contributed by atoms with E-state index in [1.54, 1.807) is 6.92 Å². The highest BCUT2D eigenvalue weighted by molar-refractivity contribution is 7.16. The third-order valence-corrected chi connectivity index (χ3v) is 4.28. The minimum atomic E-state index is -0.375. The first-order chi connectivity index (χ1) is 9.43. The van der Waals surface area contributed by atoms with Gasteiger partial charge in [-0.05, 0) is 50.1 Å². The van der Waals surface area contributed by atoms with E-state index >= 15 is 0 Å². The van der Waals surface area contributed by atoms with Crippen molar-refractivity contribution in [1.82, 2.24) is 0 Å². The maximum atomic E-state index is 13.0. The van der Waals surface area contributed by atoms with Crippen molar-refractivity contribution in [1.29, 1.82) is 5.26 Å². The molecule has 0 aliphatic heterocycles. The van der Waals surface area contributed by atoms with Crippen molar-refractivity contribution in [3.05, 3.63) is 51.1 Å². The number of hydrogen-bond donors (Lipinski definition) is 1. The van der Waals surface area contributed by atoms with Crippen molar-refractivity contribution in [2.24, 2.45) is 0 Å². The summed E-state index contributed by atoms with van der Waals surface area (Å²) in [7, 11) is 0. The summed E-state index contributed by atoms with van der Waals surface area (Å²) in [4.78, 5) is 13.2. The van der Waals surface area contributed by atoms with Gasteiger partial charge in [0.15, 0.2) is 0 Å². The van der Waals surface area contributed by atoms with Gasteiger partial charge in [-0.15, -0.1) is 11.3 Å². The number of nitrogens with one attached hydrogen (secondary N) is 1. The molecule has 0 aliphatic rings. The first kappa shape index (κ1) is 14.2. The van der Waals surface area contributed by atoms with Gasteiger partial charge in [-0.2, -0.15) is 5.26 Å². The van der Waals surface area contributed by atoms with Crippen LogP contribution in [0.25, 0.3) is 0 Å². The van der Waals surface area contributed by atoms with E-state index in [9.17, 15) is 9.18 Å². The first-order valence-electron chi connectivity index (χ1n) is 6.01. The summed E-state index contributed by atoms with van der Waals surface area (Å²) in [5.41, 5.74) is 2.33. The Morgan fingerprint density at radius 1 is 1.35 bits per heavy atom. The summed E-state index contributed by atoms with van der Waals surface area (Å²) in [6, 6.07) is 6.10. The van der Waals surface area contributed by atoms with Gasteiger partial charge >= 0.3 is 0 Å². The van der Waals surface area contributed by atoms with Gasteiger partial charge in [0.1, 0.15) is 16.9 Å². The molecule has 3 nitrogen and oxygen atoms in total. The normalized spacial score (nSPS) is 10.2. The minimum Gasteiger partial charge on any atom is -0.312 e. The number of aryl methyl sites for hydroxylation is 2. The van der Waals surface area contributed by atoms with Crippen molar-refractivity contribution in [2.45, 2.75) is 20.8 Å². The molecule has 2 rings (SSSR count). The molecule has 0 saturated carbocycles. The zero-order valence-corrected chi connectivity index (χ0v) is 12.2. The van der Waals surface area contributed by atoms with Crippen LogP contribution in [-0.4, -0.2) is 5.91 Å². The molecule has 0 saturated heterocycles. The van der Waals surface area contributed by atoms with Gasteiger partial charge in [0.05, 0.1) is 5.56 Å². The number of halogens is 1. The number of anilines is 1. The van der Waals surface area contributed by atoms with Crippen molar-refractivity contribution in [2.75, 3.05) is 5.32 Å². The fourth-order valence-corrected chi connectivity index (χ4v) is 2.91. The molecular weight excluding hydrogens is 275 g/mol. The van der Waals surface area contributed by atoms with E-state index < -0.39 is 0 Å². The van der Waals surface area contributed by atoms with Gasteiger partial charge < -0.3 is 5.32 Å². The zero-order chi connectivity index (χ0) is 14.9. The lowest BCUT2D eigenvalue weighted by atomic mass is 10.1. The Morgan fingerprint density at radius 2 is 2.05 bits per heavy atom. The van der Waals surface area contributed by atoms with E-state index in [4.69, 9.17) is 5.26 Å². The molecule has 0 radical (unpaired) electrons. The van der Waals surface area contributed by atoms with E-state index in [0.717, 1.165) is 10.4 Å². The Hall–Kier alpha value is -2.19. The monoisotopic (exact) mass is 288 g/mol. The molecule has 0 unspecified atom stereocenters. The second-order valence-corrected chi connectivity index (χ2v) is 5.74. The average Bonchev–Trinajstić information content (AvgIpc) is 2.64. The Balaban J connectivity index is 2.33. The van der Waals surface area contributed by atoms with Gasteiger partial charge in [0, 0.05) is 10.4 Å². The van der Waals surface area contributed by atoms with E-state index in [1.165, 1.54) is 29.5 Å². The SMILES string of the molecule is Cc1cc(F)ccc1C(=O)Nc1sc(C)c(C)c1C#N. The average molecular weight is 288 g/mol. The summed E-state index contributed by atoms with van der Waals surface area (Å²) in [5, 5.41) is 12.4. The van der Waals surface area contributed by atoms with E-state index in [1.807, 2.05) is 13.8 Å². The van der Waals surface area contributed by atoms with Crippen molar-refractivity contribution >= 4 is 22.2 Å². The smallest absolute Gasteiger partial charge is 0.256 e. The molecule has 1 aromatic carbocycles. The number of nitriles is 1. The molecule has 0 bridgehead atoms. The fourth-order valence-electron chi connectivity index (χ4n) is 1.90. The molecule has 0 spiro atoms. The van der Waals surface area contributed by atoms with Gasteiger partial charge in [-0.25, -0.2) is 4.39 Å². The Morgan fingerprint density at radius 3 is 2.65 bits per heavy atom. The largest absolute Gasteiger partial charge is 0.312 e. The molecule has 0 fully saturated rings. The second-order valence-electron chi connectivity index (χ2n) is 4.51. The highest BCUT2D eigenvalue weighted by atomic mass is 32.1. The lowest BCUT2D eigenvalue weighted by molar-refractivity contribution is 0.102. The third kappa shape index (κ3) is 2.56. The van der Waals surface area contributed by atoms with Gasteiger partial charge in [-0.3, -0.25) is 4.79 Å². The number of thiophene rings is 1. The Labute approximate surface area is 120 Å². The van der Waals surface area contributed by atoms with E-state index in [2.05, 4.69) is 11.4 Å². The molecule has 0 aliphatic carbocycles. The van der Waals surface area contributed by atoms with Gasteiger partial charge in [0.25, 0.3) is 5.91 Å². The maximum absolute atomic E-state index is 13.0. The first-order valence-corrected chi connectivity index (χ1v) is 6.83. The Kier molecular flexibility index (Phi) is 3.86. The molecule has 2 aromatic rings. The quantitative estimate of drug-likeness (QED) is 0.910. The van der Waals surface area contributed by atoms with Crippen LogP contribution in [0.3, 0.4) is 0 Å². The van der Waals surface area contributed by atoms with E-state index in [0.29, 0.717) is 21.7 Å². The van der Waals surface area contributed by atoms with Gasteiger partial charge in [0.2, 0.25) is 0 Å². The van der Waals surface area contributed by atoms with Gasteiger partial charge in [-0.1, -0.05) is 0 Å². The fraction of sp³-hybridized carbons (Fsp3) is 0.200. The number of amides is 1. The van der Waals surface area contributed by atoms with Crippen LogP contribution in [0, 0.1) is 37.9 Å². The number of carbonyl (C=O) groups excluding carboxylic acids is 1. The van der Waals surface area contributed by atoms with Crippen molar-refractivity contribution < 1.29 is 9.18 Å². The summed E-state index contributed by atoms with van der Waals surface area (Å²) in [5.74, 6) is -0.708. The lowest BCUT2D eigenvalue weighted by Crippen LogP contribution is -2.13. The number of nitrogens with zero attached hydrogens (tertiary/aromatic N) is 1. The van der Waals surface area contributed by atoms with Crippen LogP contribution in [-0.2, 0) is 0 Å². The zero-order valence-electron chi connectivity index (χ0n) is 11.4. The van der Waals surface area contributed by atoms with Crippen LogP contribution < -0.4 is 5.32 Å². The van der Waals surface area contributed by atoms with Crippen LogP contribution in [0.5, 0.6) is 0 Å². The second kappa shape index (κ2) is 5.43. The predicted octanol–water partition coefficient (Wildman–Crippen LogP) is 3.94. The van der Waals surface area contributed by atoms with Crippen molar-refractivity contribution in [3.8, 4) is 6.07 Å². The Bertz CT molecular complexity index is 728.